The molecule has 0 saturated carbocycles. The number of methoxy groups -OCH3 is 1. The first-order valence-electron chi connectivity index (χ1n) is 13.1. The quantitative estimate of drug-likeness (QED) is 0.279. The number of carbonyl (C=O) groups excluding carboxylic acids is 2. The molecule has 0 unspecified atom stereocenters. The van der Waals surface area contributed by atoms with Crippen molar-refractivity contribution >= 4 is 50.7 Å². The Morgan fingerprint density at radius 3 is 2.27 bits per heavy atom. The molecule has 0 aliphatic carbocycles. The van der Waals surface area contributed by atoms with E-state index in [0.29, 0.717) is 22.0 Å². The van der Waals surface area contributed by atoms with Crippen LogP contribution in [0.3, 0.4) is 0 Å². The minimum absolute atomic E-state index is 0.0518. The second-order valence-electron chi connectivity index (χ2n) is 9.72. The first kappa shape index (κ1) is 32.2. The Kier molecular flexibility index (Phi) is 11.5. The molecular formula is C30H35Cl2N3O5S. The summed E-state index contributed by atoms with van der Waals surface area (Å²) in [5.74, 6) is -0.661. The van der Waals surface area contributed by atoms with Crippen LogP contribution in [0.15, 0.2) is 72.8 Å². The Bertz CT molecular complexity index is 1450. The Balaban J connectivity index is 2.11. The Morgan fingerprint density at radius 2 is 1.66 bits per heavy atom. The fraction of sp³-hybridized carbons (Fsp3) is 0.333. The summed E-state index contributed by atoms with van der Waals surface area (Å²) in [6.45, 7) is 3.22. The molecule has 0 saturated heterocycles. The zero-order chi connectivity index (χ0) is 30.2. The smallest absolute Gasteiger partial charge is 0.244 e. The molecule has 3 aromatic carbocycles. The first-order chi connectivity index (χ1) is 19.4. The van der Waals surface area contributed by atoms with Gasteiger partial charge in [-0.1, -0.05) is 78.7 Å². The van der Waals surface area contributed by atoms with E-state index >= 15 is 0 Å². The zero-order valence-corrected chi connectivity index (χ0v) is 25.8. The van der Waals surface area contributed by atoms with E-state index in [1.54, 1.807) is 42.5 Å². The van der Waals surface area contributed by atoms with Crippen LogP contribution in [0.2, 0.25) is 10.0 Å². The van der Waals surface area contributed by atoms with E-state index in [1.165, 1.54) is 12.0 Å². The fourth-order valence-electron chi connectivity index (χ4n) is 4.26. The lowest BCUT2D eigenvalue weighted by Gasteiger charge is -2.34. The molecule has 0 spiro atoms. The number of para-hydroxylation sites is 2. The van der Waals surface area contributed by atoms with Gasteiger partial charge >= 0.3 is 0 Å². The number of benzene rings is 3. The van der Waals surface area contributed by atoms with E-state index in [-0.39, 0.29) is 36.4 Å². The van der Waals surface area contributed by atoms with Gasteiger partial charge in [-0.05, 0) is 48.7 Å². The van der Waals surface area contributed by atoms with Crippen LogP contribution in [0, 0.1) is 0 Å². The topological polar surface area (TPSA) is 96.0 Å². The third-order valence-corrected chi connectivity index (χ3v) is 8.37. The highest BCUT2D eigenvalue weighted by molar-refractivity contribution is 7.92. The highest BCUT2D eigenvalue weighted by Crippen LogP contribution is 2.30. The number of ether oxygens (including phenoxy) is 1. The second kappa shape index (κ2) is 14.6. The molecule has 0 aliphatic rings. The van der Waals surface area contributed by atoms with Gasteiger partial charge in [0.1, 0.15) is 18.3 Å². The molecule has 0 bridgehead atoms. The third-order valence-electron chi connectivity index (χ3n) is 6.66. The summed E-state index contributed by atoms with van der Waals surface area (Å²) < 4.78 is 32.3. The maximum atomic E-state index is 14.2. The molecule has 8 nitrogen and oxygen atoms in total. The molecule has 220 valence electrons. The number of rotatable bonds is 13. The number of anilines is 1. The Hall–Kier alpha value is -3.27. The summed E-state index contributed by atoms with van der Waals surface area (Å²) in [7, 11) is -2.51. The summed E-state index contributed by atoms with van der Waals surface area (Å²) in [5.41, 5.74) is 1.60. The second-order valence-corrected chi connectivity index (χ2v) is 12.5. The lowest BCUT2D eigenvalue weighted by molar-refractivity contribution is -0.140. The number of sulfonamides is 1. The van der Waals surface area contributed by atoms with Crippen LogP contribution in [-0.4, -0.2) is 57.1 Å². The molecule has 2 atom stereocenters. The number of nitrogens with one attached hydrogen (secondary N) is 1. The molecule has 1 N–H and O–H groups in total. The van der Waals surface area contributed by atoms with E-state index in [2.05, 4.69) is 5.32 Å². The molecule has 0 heterocycles. The average Bonchev–Trinajstić information content (AvgIpc) is 2.94. The van der Waals surface area contributed by atoms with Crippen molar-refractivity contribution in [3.8, 4) is 5.75 Å². The van der Waals surface area contributed by atoms with Gasteiger partial charge in [-0.3, -0.25) is 13.9 Å². The highest BCUT2D eigenvalue weighted by Gasteiger charge is 2.34. The van der Waals surface area contributed by atoms with Crippen LogP contribution < -0.4 is 14.4 Å². The zero-order valence-electron chi connectivity index (χ0n) is 23.5. The number of carbonyl (C=O) groups is 2. The van der Waals surface area contributed by atoms with Gasteiger partial charge in [-0.25, -0.2) is 8.42 Å². The predicted molar refractivity (Wildman–Crippen MR) is 164 cm³/mol. The van der Waals surface area contributed by atoms with Crippen molar-refractivity contribution in [3.05, 3.63) is 94.0 Å². The van der Waals surface area contributed by atoms with Crippen LogP contribution in [0.1, 0.15) is 31.4 Å². The SMILES string of the molecule is CC[C@H](C)NC(=O)[C@H](Cc1ccccc1)N(Cc1ccc(Cl)cc1Cl)C(=O)CN(c1ccccc1OC)S(C)(=O)=O. The lowest BCUT2D eigenvalue weighted by atomic mass is 10.0. The fourth-order valence-corrected chi connectivity index (χ4v) is 5.58. The van der Waals surface area contributed by atoms with Crippen LogP contribution in [-0.2, 0) is 32.6 Å². The number of nitrogens with zero attached hydrogens (tertiary/aromatic N) is 2. The number of hydrogen-bond donors (Lipinski definition) is 1. The molecule has 3 rings (SSSR count). The molecule has 0 aromatic heterocycles. The van der Waals surface area contributed by atoms with Crippen molar-refractivity contribution in [1.82, 2.24) is 10.2 Å². The van der Waals surface area contributed by atoms with Crippen LogP contribution in [0.4, 0.5) is 5.69 Å². The number of amides is 2. The first-order valence-corrected chi connectivity index (χ1v) is 15.7. The molecular weight excluding hydrogens is 585 g/mol. The Morgan fingerprint density at radius 1 is 1.00 bits per heavy atom. The normalized spacial score (nSPS) is 12.7. The number of halogens is 2. The van der Waals surface area contributed by atoms with E-state index in [0.717, 1.165) is 16.1 Å². The van der Waals surface area contributed by atoms with Gasteiger partial charge in [0.2, 0.25) is 21.8 Å². The van der Waals surface area contributed by atoms with Gasteiger partial charge in [0.15, 0.2) is 0 Å². The van der Waals surface area contributed by atoms with E-state index in [4.69, 9.17) is 27.9 Å². The van der Waals surface area contributed by atoms with E-state index in [1.807, 2.05) is 44.2 Å². The largest absolute Gasteiger partial charge is 0.495 e. The third kappa shape index (κ3) is 8.86. The van der Waals surface area contributed by atoms with Gasteiger partial charge in [0.25, 0.3) is 0 Å². The van der Waals surface area contributed by atoms with E-state index < -0.39 is 28.5 Å². The molecule has 0 radical (unpaired) electrons. The monoisotopic (exact) mass is 619 g/mol. The van der Waals surface area contributed by atoms with Crippen molar-refractivity contribution < 1.29 is 22.7 Å². The molecule has 0 fully saturated rings. The van der Waals surface area contributed by atoms with Gasteiger partial charge in [-0.2, -0.15) is 0 Å². The summed E-state index contributed by atoms with van der Waals surface area (Å²) in [6, 6.07) is 19.6. The Labute approximate surface area is 252 Å². The van der Waals surface area contributed by atoms with E-state index in [9.17, 15) is 18.0 Å². The maximum Gasteiger partial charge on any atom is 0.244 e. The average molecular weight is 621 g/mol. The minimum Gasteiger partial charge on any atom is -0.495 e. The van der Waals surface area contributed by atoms with Crippen LogP contribution in [0.5, 0.6) is 5.75 Å². The summed E-state index contributed by atoms with van der Waals surface area (Å²) in [4.78, 5) is 29.3. The predicted octanol–water partition coefficient (Wildman–Crippen LogP) is 5.32. The lowest BCUT2D eigenvalue weighted by Crippen LogP contribution is -2.54. The number of hydrogen-bond acceptors (Lipinski definition) is 5. The van der Waals surface area contributed by atoms with Gasteiger partial charge in [0, 0.05) is 29.1 Å². The highest BCUT2D eigenvalue weighted by atomic mass is 35.5. The molecule has 11 heteroatoms. The molecule has 0 aliphatic heterocycles. The standard InChI is InChI=1S/C30H35Cl2N3O5S/c1-5-21(2)33-30(37)27(17-22-11-7-6-8-12-22)34(19-23-15-16-24(31)18-25(23)32)29(36)20-35(41(4,38)39)26-13-9-10-14-28(26)40-3/h6-16,18,21,27H,5,17,19-20H2,1-4H3,(H,33,37)/t21-,27-/m0/s1. The maximum absolute atomic E-state index is 14.2. The van der Waals surface area contributed by atoms with Crippen molar-refractivity contribution in [2.45, 2.75) is 45.3 Å². The van der Waals surface area contributed by atoms with Crippen molar-refractivity contribution in [2.75, 3.05) is 24.2 Å². The van der Waals surface area contributed by atoms with Gasteiger partial charge < -0.3 is 15.0 Å². The minimum atomic E-state index is -3.93. The van der Waals surface area contributed by atoms with Gasteiger partial charge in [0.05, 0.1) is 19.1 Å². The van der Waals surface area contributed by atoms with Crippen LogP contribution >= 0.6 is 23.2 Å². The summed E-state index contributed by atoms with van der Waals surface area (Å²) >= 11 is 12.6. The molecule has 41 heavy (non-hydrogen) atoms. The summed E-state index contributed by atoms with van der Waals surface area (Å²) in [5, 5.41) is 3.73. The van der Waals surface area contributed by atoms with Crippen molar-refractivity contribution in [1.29, 1.82) is 0 Å². The molecule has 3 aromatic rings. The summed E-state index contributed by atoms with van der Waals surface area (Å²) in [6.07, 6.45) is 1.91. The molecule has 2 amide bonds. The van der Waals surface area contributed by atoms with Crippen molar-refractivity contribution in [2.24, 2.45) is 0 Å². The van der Waals surface area contributed by atoms with Crippen molar-refractivity contribution in [3.63, 3.8) is 0 Å². The van der Waals surface area contributed by atoms with Crippen LogP contribution in [0.25, 0.3) is 0 Å². The van der Waals surface area contributed by atoms with Gasteiger partial charge in [-0.15, -0.1) is 0 Å².